The Morgan fingerprint density at radius 3 is 2.94 bits per heavy atom. The van der Waals surface area contributed by atoms with Gasteiger partial charge in [-0.2, -0.15) is 5.26 Å². The molecule has 84 valence electrons. The van der Waals surface area contributed by atoms with Gasteiger partial charge in [-0.15, -0.1) is 0 Å². The first-order valence-electron chi connectivity index (χ1n) is 4.96. The molecule has 0 unspecified atom stereocenters. The molecule has 0 heterocycles. The van der Waals surface area contributed by atoms with Crippen LogP contribution < -0.4 is 16.0 Å². The molecular weight excluding hydrogens is 204 g/mol. The van der Waals surface area contributed by atoms with E-state index < -0.39 is 0 Å². The van der Waals surface area contributed by atoms with Gasteiger partial charge in [-0.25, -0.2) is 4.79 Å². The Bertz CT molecular complexity index is 397. The van der Waals surface area contributed by atoms with E-state index in [1.54, 1.807) is 24.3 Å². The molecule has 0 aromatic heterocycles. The maximum absolute atomic E-state index is 11.4. The van der Waals surface area contributed by atoms with Gasteiger partial charge in [-0.1, -0.05) is 6.07 Å². The van der Waals surface area contributed by atoms with Gasteiger partial charge in [0.1, 0.15) is 0 Å². The summed E-state index contributed by atoms with van der Waals surface area (Å²) < 4.78 is 0. The van der Waals surface area contributed by atoms with Crippen LogP contribution in [0.4, 0.5) is 10.5 Å². The topological polar surface area (TPSA) is 76.9 Å². The number of carbonyl (C=O) groups is 1. The molecule has 5 nitrogen and oxygen atoms in total. The average Bonchev–Trinajstić information content (AvgIpc) is 2.29. The van der Waals surface area contributed by atoms with E-state index in [0.29, 0.717) is 24.3 Å². The standard InChI is InChI=1S/C11H14N4O/c1-13-5-6-14-11(16)15-10-4-2-3-9(7-10)8-12/h2-4,7,13H,5-6H2,1H3,(H2,14,15,16). The Hall–Kier alpha value is -2.06. The molecule has 0 spiro atoms. The van der Waals surface area contributed by atoms with Gasteiger partial charge in [-0.05, 0) is 25.2 Å². The number of carbonyl (C=O) groups excluding carboxylic acids is 1. The maximum Gasteiger partial charge on any atom is 0.319 e. The molecule has 0 saturated carbocycles. The second-order valence-corrected chi connectivity index (χ2v) is 3.18. The predicted octanol–water partition coefficient (Wildman–Crippen LogP) is 0.899. The third-order valence-corrected chi connectivity index (χ3v) is 1.91. The van der Waals surface area contributed by atoms with Crippen LogP contribution in [0.15, 0.2) is 24.3 Å². The van der Waals surface area contributed by atoms with Crippen LogP contribution in [0.5, 0.6) is 0 Å². The summed E-state index contributed by atoms with van der Waals surface area (Å²) in [5.41, 5.74) is 1.13. The van der Waals surface area contributed by atoms with E-state index in [-0.39, 0.29) is 6.03 Å². The fraction of sp³-hybridized carbons (Fsp3) is 0.273. The minimum absolute atomic E-state index is 0.273. The zero-order valence-electron chi connectivity index (χ0n) is 9.08. The van der Waals surface area contributed by atoms with Gasteiger partial charge in [0, 0.05) is 18.8 Å². The van der Waals surface area contributed by atoms with Gasteiger partial charge >= 0.3 is 6.03 Å². The summed E-state index contributed by atoms with van der Waals surface area (Å²) in [4.78, 5) is 11.4. The summed E-state index contributed by atoms with van der Waals surface area (Å²) in [6, 6.07) is 8.50. The molecular formula is C11H14N4O. The number of amides is 2. The van der Waals surface area contributed by atoms with Crippen LogP contribution in [-0.4, -0.2) is 26.2 Å². The van der Waals surface area contributed by atoms with Crippen molar-refractivity contribution in [3.63, 3.8) is 0 Å². The fourth-order valence-electron chi connectivity index (χ4n) is 1.14. The Morgan fingerprint density at radius 1 is 1.44 bits per heavy atom. The summed E-state index contributed by atoms with van der Waals surface area (Å²) in [6.45, 7) is 1.27. The van der Waals surface area contributed by atoms with Crippen molar-refractivity contribution in [2.45, 2.75) is 0 Å². The van der Waals surface area contributed by atoms with Crippen molar-refractivity contribution in [2.24, 2.45) is 0 Å². The fourth-order valence-corrected chi connectivity index (χ4v) is 1.14. The van der Waals surface area contributed by atoms with E-state index in [2.05, 4.69) is 16.0 Å². The minimum Gasteiger partial charge on any atom is -0.337 e. The summed E-state index contributed by atoms with van der Waals surface area (Å²) in [7, 11) is 1.82. The van der Waals surface area contributed by atoms with Gasteiger partial charge < -0.3 is 16.0 Å². The largest absolute Gasteiger partial charge is 0.337 e. The highest BCUT2D eigenvalue weighted by Crippen LogP contribution is 2.09. The summed E-state index contributed by atoms with van der Waals surface area (Å²) in [5, 5.41) is 16.9. The van der Waals surface area contributed by atoms with E-state index in [9.17, 15) is 4.79 Å². The van der Waals surface area contributed by atoms with Gasteiger partial charge in [0.2, 0.25) is 0 Å². The van der Waals surface area contributed by atoms with Crippen molar-refractivity contribution in [2.75, 3.05) is 25.5 Å². The van der Waals surface area contributed by atoms with Crippen LogP contribution in [0.3, 0.4) is 0 Å². The van der Waals surface area contributed by atoms with E-state index in [1.165, 1.54) is 0 Å². The number of nitriles is 1. The van der Waals surface area contributed by atoms with E-state index in [4.69, 9.17) is 5.26 Å². The summed E-state index contributed by atoms with van der Waals surface area (Å²) in [6.07, 6.45) is 0. The predicted molar refractivity (Wildman–Crippen MR) is 62.1 cm³/mol. The zero-order valence-corrected chi connectivity index (χ0v) is 9.08. The normalized spacial score (nSPS) is 9.25. The number of likely N-dealkylation sites (N-methyl/N-ethyl adjacent to an activating group) is 1. The summed E-state index contributed by atoms with van der Waals surface area (Å²) in [5.74, 6) is 0. The minimum atomic E-state index is -0.273. The maximum atomic E-state index is 11.4. The number of hydrogen-bond acceptors (Lipinski definition) is 3. The number of anilines is 1. The van der Waals surface area contributed by atoms with Crippen molar-refractivity contribution < 1.29 is 4.79 Å². The number of nitrogens with zero attached hydrogens (tertiary/aromatic N) is 1. The first-order valence-corrected chi connectivity index (χ1v) is 4.96. The first-order chi connectivity index (χ1) is 7.76. The van der Waals surface area contributed by atoms with Crippen LogP contribution in [0.25, 0.3) is 0 Å². The van der Waals surface area contributed by atoms with Crippen LogP contribution in [-0.2, 0) is 0 Å². The van der Waals surface area contributed by atoms with Crippen molar-refractivity contribution in [3.8, 4) is 6.07 Å². The smallest absolute Gasteiger partial charge is 0.319 e. The number of rotatable bonds is 4. The number of hydrogen-bond donors (Lipinski definition) is 3. The molecule has 0 bridgehead atoms. The lowest BCUT2D eigenvalue weighted by atomic mass is 10.2. The van der Waals surface area contributed by atoms with E-state index in [0.717, 1.165) is 0 Å². The molecule has 0 radical (unpaired) electrons. The Kier molecular flexibility index (Phi) is 4.83. The van der Waals surface area contributed by atoms with Gasteiger partial charge in [-0.3, -0.25) is 0 Å². The van der Waals surface area contributed by atoms with E-state index >= 15 is 0 Å². The molecule has 0 atom stereocenters. The Morgan fingerprint density at radius 2 is 2.25 bits per heavy atom. The first kappa shape index (κ1) is 12.0. The SMILES string of the molecule is CNCCNC(=O)Nc1cccc(C#N)c1. The lowest BCUT2D eigenvalue weighted by Crippen LogP contribution is -2.33. The molecule has 1 aromatic carbocycles. The average molecular weight is 218 g/mol. The van der Waals surface area contributed by atoms with Crippen LogP contribution >= 0.6 is 0 Å². The second kappa shape index (κ2) is 6.43. The highest BCUT2D eigenvalue weighted by atomic mass is 16.2. The molecule has 5 heteroatoms. The van der Waals surface area contributed by atoms with E-state index in [1.807, 2.05) is 13.1 Å². The van der Waals surface area contributed by atoms with Crippen molar-refractivity contribution in [3.05, 3.63) is 29.8 Å². The Balaban J connectivity index is 2.47. The highest BCUT2D eigenvalue weighted by molar-refractivity contribution is 5.89. The molecule has 1 aromatic rings. The van der Waals surface area contributed by atoms with Crippen molar-refractivity contribution in [1.82, 2.24) is 10.6 Å². The number of nitrogens with one attached hydrogen (secondary N) is 3. The molecule has 0 saturated heterocycles. The molecule has 0 aliphatic heterocycles. The molecule has 0 fully saturated rings. The molecule has 3 N–H and O–H groups in total. The Labute approximate surface area is 94.5 Å². The lowest BCUT2D eigenvalue weighted by molar-refractivity contribution is 0.252. The van der Waals surface area contributed by atoms with Gasteiger partial charge in [0.15, 0.2) is 0 Å². The molecule has 0 aliphatic rings. The van der Waals surface area contributed by atoms with Crippen molar-refractivity contribution in [1.29, 1.82) is 5.26 Å². The molecule has 2 amide bonds. The van der Waals surface area contributed by atoms with Gasteiger partial charge in [0.05, 0.1) is 11.6 Å². The zero-order chi connectivity index (χ0) is 11.8. The van der Waals surface area contributed by atoms with Crippen LogP contribution in [0, 0.1) is 11.3 Å². The monoisotopic (exact) mass is 218 g/mol. The third-order valence-electron chi connectivity index (χ3n) is 1.91. The van der Waals surface area contributed by atoms with Crippen LogP contribution in [0.2, 0.25) is 0 Å². The van der Waals surface area contributed by atoms with Crippen molar-refractivity contribution >= 4 is 11.7 Å². The number of benzene rings is 1. The second-order valence-electron chi connectivity index (χ2n) is 3.18. The summed E-state index contributed by atoms with van der Waals surface area (Å²) >= 11 is 0. The van der Waals surface area contributed by atoms with Gasteiger partial charge in [0.25, 0.3) is 0 Å². The number of urea groups is 1. The molecule has 0 aliphatic carbocycles. The lowest BCUT2D eigenvalue weighted by Gasteiger charge is -2.07. The third kappa shape index (κ3) is 3.98. The molecule has 16 heavy (non-hydrogen) atoms. The molecule has 1 rings (SSSR count). The highest BCUT2D eigenvalue weighted by Gasteiger charge is 2.00. The van der Waals surface area contributed by atoms with Crippen LogP contribution in [0.1, 0.15) is 5.56 Å². The quantitative estimate of drug-likeness (QED) is 0.657.